The number of nitrogens with zero attached hydrogens (tertiary/aromatic N) is 1. The fourth-order valence-electron chi connectivity index (χ4n) is 2.65. The summed E-state index contributed by atoms with van der Waals surface area (Å²) in [6, 6.07) is -0.470. The molecule has 0 bridgehead atoms. The highest BCUT2D eigenvalue weighted by Crippen LogP contribution is 2.24. The fourth-order valence-corrected chi connectivity index (χ4v) is 2.65. The Labute approximate surface area is 121 Å². The highest BCUT2D eigenvalue weighted by molar-refractivity contribution is 5.76. The summed E-state index contributed by atoms with van der Waals surface area (Å²) in [5.41, 5.74) is -0.267. The first-order valence-corrected chi connectivity index (χ1v) is 7.51. The average Bonchev–Trinajstić information content (AvgIpc) is 2.75. The first-order valence-electron chi connectivity index (χ1n) is 7.51. The predicted molar refractivity (Wildman–Crippen MR) is 78.6 cm³/mol. The zero-order valence-electron chi connectivity index (χ0n) is 13.1. The third-order valence-electron chi connectivity index (χ3n) is 3.99. The van der Waals surface area contributed by atoms with Crippen LogP contribution in [0.1, 0.15) is 53.4 Å². The van der Waals surface area contributed by atoms with E-state index in [-0.39, 0.29) is 23.9 Å². The minimum atomic E-state index is -0.879. The minimum Gasteiger partial charge on any atom is -0.481 e. The predicted octanol–water partition coefficient (Wildman–Crippen LogP) is 2.71. The number of nitrogens with one attached hydrogen (secondary N) is 1. The summed E-state index contributed by atoms with van der Waals surface area (Å²) >= 11 is 0. The van der Waals surface area contributed by atoms with Crippen LogP contribution >= 0.6 is 0 Å². The van der Waals surface area contributed by atoms with Crippen LogP contribution in [0.25, 0.3) is 0 Å². The number of aliphatic carboxylic acids is 1. The van der Waals surface area contributed by atoms with Gasteiger partial charge in [-0.1, -0.05) is 34.1 Å². The normalized spacial score (nSPS) is 20.8. The summed E-state index contributed by atoms with van der Waals surface area (Å²) in [5.74, 6) is -0.284. The number of carboxylic acids is 1. The molecule has 1 saturated heterocycles. The second-order valence-electron chi connectivity index (χ2n) is 6.86. The molecule has 2 amide bonds. The Bertz CT molecular complexity index is 350. The number of urea groups is 1. The van der Waals surface area contributed by atoms with E-state index in [9.17, 15) is 9.59 Å². The lowest BCUT2D eigenvalue weighted by molar-refractivity contribution is -0.138. The second kappa shape index (κ2) is 6.95. The second-order valence-corrected chi connectivity index (χ2v) is 6.86. The lowest BCUT2D eigenvalue weighted by Crippen LogP contribution is -2.49. The fraction of sp³-hybridized carbons (Fsp3) is 0.867. The summed E-state index contributed by atoms with van der Waals surface area (Å²) < 4.78 is 0. The van der Waals surface area contributed by atoms with E-state index < -0.39 is 5.97 Å². The average molecular weight is 284 g/mol. The van der Waals surface area contributed by atoms with Crippen LogP contribution in [0.4, 0.5) is 4.79 Å². The Morgan fingerprint density at radius 2 is 2.05 bits per heavy atom. The maximum atomic E-state index is 12.3. The zero-order valence-corrected chi connectivity index (χ0v) is 13.1. The van der Waals surface area contributed by atoms with Crippen molar-refractivity contribution >= 4 is 12.0 Å². The molecule has 1 fully saturated rings. The summed E-state index contributed by atoms with van der Waals surface area (Å²) in [6.45, 7) is 9.58. The smallest absolute Gasteiger partial charge is 0.317 e. The lowest BCUT2D eigenvalue weighted by Gasteiger charge is -2.32. The van der Waals surface area contributed by atoms with E-state index >= 15 is 0 Å². The summed E-state index contributed by atoms with van der Waals surface area (Å²) in [6.07, 6.45) is 3.31. The molecule has 0 radical (unpaired) electrons. The van der Waals surface area contributed by atoms with E-state index in [1.807, 2.05) is 25.7 Å². The molecule has 1 rings (SSSR count). The van der Waals surface area contributed by atoms with Crippen molar-refractivity contribution in [2.75, 3.05) is 13.1 Å². The number of hydrogen-bond acceptors (Lipinski definition) is 2. The number of carboxylic acid groups (broad SMARTS) is 1. The summed E-state index contributed by atoms with van der Waals surface area (Å²) in [7, 11) is 0. The van der Waals surface area contributed by atoms with Gasteiger partial charge in [0.25, 0.3) is 0 Å². The van der Waals surface area contributed by atoms with Crippen molar-refractivity contribution < 1.29 is 14.7 Å². The van der Waals surface area contributed by atoms with Crippen molar-refractivity contribution in [1.29, 1.82) is 0 Å². The first-order chi connectivity index (χ1) is 9.24. The molecule has 0 saturated carbocycles. The Balaban J connectivity index is 2.56. The summed E-state index contributed by atoms with van der Waals surface area (Å²) in [5, 5.41) is 11.9. The Kier molecular flexibility index (Phi) is 5.84. The van der Waals surface area contributed by atoms with Crippen molar-refractivity contribution in [2.45, 2.75) is 59.4 Å². The lowest BCUT2D eigenvalue weighted by atomic mass is 9.85. The van der Waals surface area contributed by atoms with Crippen molar-refractivity contribution in [3.05, 3.63) is 0 Å². The molecule has 2 atom stereocenters. The molecule has 20 heavy (non-hydrogen) atoms. The topological polar surface area (TPSA) is 69.6 Å². The number of carbonyl (C=O) groups is 2. The van der Waals surface area contributed by atoms with Crippen LogP contribution in [0.5, 0.6) is 0 Å². The van der Waals surface area contributed by atoms with Gasteiger partial charge in [0.15, 0.2) is 0 Å². The van der Waals surface area contributed by atoms with Crippen LogP contribution in [0, 0.1) is 11.3 Å². The van der Waals surface area contributed by atoms with Gasteiger partial charge in [0.1, 0.15) is 0 Å². The Morgan fingerprint density at radius 3 is 2.55 bits per heavy atom. The molecule has 5 heteroatoms. The van der Waals surface area contributed by atoms with Crippen LogP contribution in [0.2, 0.25) is 0 Å². The van der Waals surface area contributed by atoms with Gasteiger partial charge >= 0.3 is 12.0 Å². The van der Waals surface area contributed by atoms with Gasteiger partial charge < -0.3 is 15.3 Å². The van der Waals surface area contributed by atoms with E-state index in [2.05, 4.69) is 12.2 Å². The molecule has 1 aliphatic heterocycles. The first kappa shape index (κ1) is 16.8. The van der Waals surface area contributed by atoms with Crippen LogP contribution in [-0.4, -0.2) is 41.1 Å². The SMILES string of the molecule is CCCC1CCN(C(=O)NC(CC(=O)O)C(C)(C)C)C1. The van der Waals surface area contributed by atoms with E-state index in [4.69, 9.17) is 5.11 Å². The van der Waals surface area contributed by atoms with Gasteiger partial charge in [0.2, 0.25) is 0 Å². The van der Waals surface area contributed by atoms with Gasteiger partial charge in [-0.05, 0) is 24.2 Å². The van der Waals surface area contributed by atoms with Crippen molar-refractivity contribution in [3.8, 4) is 0 Å². The van der Waals surface area contributed by atoms with Gasteiger partial charge in [-0.2, -0.15) is 0 Å². The van der Waals surface area contributed by atoms with Crippen molar-refractivity contribution in [1.82, 2.24) is 10.2 Å². The monoisotopic (exact) mass is 284 g/mol. The third kappa shape index (κ3) is 5.02. The molecule has 0 aliphatic carbocycles. The van der Waals surface area contributed by atoms with Crippen molar-refractivity contribution in [3.63, 3.8) is 0 Å². The van der Waals surface area contributed by atoms with Crippen LogP contribution in [-0.2, 0) is 4.79 Å². The molecule has 0 spiro atoms. The zero-order chi connectivity index (χ0) is 15.3. The van der Waals surface area contributed by atoms with Gasteiger partial charge in [-0.15, -0.1) is 0 Å². The number of carbonyl (C=O) groups excluding carboxylic acids is 1. The molecule has 2 unspecified atom stereocenters. The molecule has 5 nitrogen and oxygen atoms in total. The minimum absolute atomic E-state index is 0.0402. The van der Waals surface area contributed by atoms with Crippen molar-refractivity contribution in [2.24, 2.45) is 11.3 Å². The number of likely N-dealkylation sites (tertiary alicyclic amines) is 1. The standard InChI is InChI=1S/C15H28N2O3/c1-5-6-11-7-8-17(10-11)14(20)16-12(9-13(18)19)15(2,3)4/h11-12H,5-10H2,1-4H3,(H,16,20)(H,18,19). The maximum absolute atomic E-state index is 12.3. The van der Waals surface area contributed by atoms with Gasteiger partial charge in [-0.3, -0.25) is 4.79 Å². The molecule has 0 aromatic rings. The van der Waals surface area contributed by atoms with E-state index in [0.717, 1.165) is 32.4 Å². The molecule has 1 aliphatic rings. The van der Waals surface area contributed by atoms with E-state index in [1.54, 1.807) is 0 Å². The van der Waals surface area contributed by atoms with Gasteiger partial charge in [0.05, 0.1) is 6.42 Å². The number of hydrogen-bond donors (Lipinski definition) is 2. The number of rotatable bonds is 5. The molecule has 2 N–H and O–H groups in total. The van der Waals surface area contributed by atoms with Crippen LogP contribution < -0.4 is 5.32 Å². The molecular weight excluding hydrogens is 256 g/mol. The highest BCUT2D eigenvalue weighted by Gasteiger charge is 2.32. The molecule has 116 valence electrons. The Morgan fingerprint density at radius 1 is 1.40 bits per heavy atom. The van der Waals surface area contributed by atoms with Gasteiger partial charge in [0, 0.05) is 19.1 Å². The van der Waals surface area contributed by atoms with Crippen LogP contribution in [0.15, 0.2) is 0 Å². The molecule has 1 heterocycles. The largest absolute Gasteiger partial charge is 0.481 e. The summed E-state index contributed by atoms with van der Waals surface area (Å²) in [4.78, 5) is 25.0. The van der Waals surface area contributed by atoms with Crippen LogP contribution in [0.3, 0.4) is 0 Å². The molecule has 0 aromatic heterocycles. The highest BCUT2D eigenvalue weighted by atomic mass is 16.4. The van der Waals surface area contributed by atoms with E-state index in [0.29, 0.717) is 5.92 Å². The molecule has 0 aromatic carbocycles. The quantitative estimate of drug-likeness (QED) is 0.815. The van der Waals surface area contributed by atoms with Gasteiger partial charge in [-0.25, -0.2) is 4.79 Å². The number of amides is 2. The molecular formula is C15H28N2O3. The Hall–Kier alpha value is -1.26. The maximum Gasteiger partial charge on any atom is 0.317 e. The van der Waals surface area contributed by atoms with E-state index in [1.165, 1.54) is 0 Å². The third-order valence-corrected chi connectivity index (χ3v) is 3.99.